The number of carbonyl (C=O) groups excluding carboxylic acids is 2. The predicted molar refractivity (Wildman–Crippen MR) is 117 cm³/mol. The lowest BCUT2D eigenvalue weighted by molar-refractivity contribution is 0.0524. The highest BCUT2D eigenvalue weighted by Gasteiger charge is 2.36. The minimum absolute atomic E-state index is 0.0886. The minimum Gasteiger partial charge on any atom is -0.389 e. The Morgan fingerprint density at radius 1 is 0.767 bits per heavy atom. The van der Waals surface area contributed by atoms with E-state index >= 15 is 0 Å². The van der Waals surface area contributed by atoms with Crippen LogP contribution in [0, 0.1) is 0 Å². The molecule has 0 saturated carbocycles. The maximum absolute atomic E-state index is 12.6. The summed E-state index contributed by atoms with van der Waals surface area (Å²) in [5.74, 6) is -0.758. The molecule has 0 saturated heterocycles. The third-order valence-electron chi connectivity index (χ3n) is 5.45. The van der Waals surface area contributed by atoms with Gasteiger partial charge >= 0.3 is 0 Å². The quantitative estimate of drug-likeness (QED) is 0.467. The van der Waals surface area contributed by atoms with Crippen LogP contribution >= 0.6 is 23.2 Å². The van der Waals surface area contributed by atoms with Gasteiger partial charge in [-0.1, -0.05) is 35.3 Å². The fraction of sp³-hybridized carbons (Fsp3) is 0.130. The van der Waals surface area contributed by atoms with E-state index < -0.39 is 6.10 Å². The smallest absolute Gasteiger partial charge is 0.261 e. The van der Waals surface area contributed by atoms with Crippen LogP contribution in [0.1, 0.15) is 20.7 Å². The second kappa shape index (κ2) is 7.13. The molecule has 5 rings (SSSR count). The minimum atomic E-state index is -0.947. The molecule has 0 aliphatic carbocycles. The van der Waals surface area contributed by atoms with Gasteiger partial charge in [-0.2, -0.15) is 0 Å². The van der Waals surface area contributed by atoms with Crippen LogP contribution in [0.5, 0.6) is 0 Å². The molecule has 0 fully saturated rings. The number of carbonyl (C=O) groups is 2. The maximum Gasteiger partial charge on any atom is 0.261 e. The van der Waals surface area contributed by atoms with Gasteiger partial charge in [-0.3, -0.25) is 14.5 Å². The lowest BCUT2D eigenvalue weighted by Gasteiger charge is -2.20. The molecule has 2 heterocycles. The molecule has 0 spiro atoms. The zero-order valence-electron chi connectivity index (χ0n) is 15.7. The van der Waals surface area contributed by atoms with E-state index in [2.05, 4.69) is 0 Å². The van der Waals surface area contributed by atoms with Crippen molar-refractivity contribution in [1.29, 1.82) is 0 Å². The van der Waals surface area contributed by atoms with E-state index in [0.717, 1.165) is 26.7 Å². The highest BCUT2D eigenvalue weighted by Crippen LogP contribution is 2.33. The monoisotopic (exact) mass is 438 g/mol. The van der Waals surface area contributed by atoms with E-state index in [4.69, 9.17) is 23.2 Å². The molecule has 1 N–H and O–H groups in total. The van der Waals surface area contributed by atoms with Crippen LogP contribution in [0.3, 0.4) is 0 Å². The Balaban J connectivity index is 1.49. The number of rotatable bonds is 4. The fourth-order valence-corrected chi connectivity index (χ4v) is 4.47. The molecule has 30 heavy (non-hydrogen) atoms. The van der Waals surface area contributed by atoms with Crippen molar-refractivity contribution in [2.45, 2.75) is 12.6 Å². The molecule has 0 radical (unpaired) electrons. The number of β-amino-alcohol motifs (C(OH)–C–C–N with tert-alkyl or cyclic N) is 1. The molecule has 1 atom stereocenters. The summed E-state index contributed by atoms with van der Waals surface area (Å²) in [4.78, 5) is 26.3. The Bertz CT molecular complexity index is 1250. The third kappa shape index (κ3) is 2.98. The molecule has 0 bridgehead atoms. The van der Waals surface area contributed by atoms with E-state index in [1.807, 2.05) is 28.8 Å². The van der Waals surface area contributed by atoms with Gasteiger partial charge in [-0.05, 0) is 48.5 Å². The van der Waals surface area contributed by atoms with Crippen molar-refractivity contribution in [3.8, 4) is 0 Å². The predicted octanol–water partition coefficient (Wildman–Crippen LogP) is 4.76. The highest BCUT2D eigenvalue weighted by molar-refractivity contribution is 6.33. The summed E-state index contributed by atoms with van der Waals surface area (Å²) in [6.07, 6.45) is -0.947. The molecular formula is C23H16Cl2N2O3. The van der Waals surface area contributed by atoms with E-state index in [9.17, 15) is 14.7 Å². The first-order valence-corrected chi connectivity index (χ1v) is 10.2. The molecule has 1 aromatic heterocycles. The lowest BCUT2D eigenvalue weighted by atomic mass is 10.1. The summed E-state index contributed by atoms with van der Waals surface area (Å²) >= 11 is 12.4. The van der Waals surface area contributed by atoms with Gasteiger partial charge in [0.15, 0.2) is 0 Å². The lowest BCUT2D eigenvalue weighted by Crippen LogP contribution is -2.38. The summed E-state index contributed by atoms with van der Waals surface area (Å²) in [5, 5.41) is 13.9. The first-order valence-electron chi connectivity index (χ1n) is 9.44. The number of halogens is 2. The van der Waals surface area contributed by atoms with E-state index in [1.165, 1.54) is 0 Å². The molecule has 5 nitrogen and oxygen atoms in total. The number of aliphatic hydroxyl groups excluding tert-OH is 1. The van der Waals surface area contributed by atoms with Crippen LogP contribution in [0.25, 0.3) is 21.8 Å². The average molecular weight is 439 g/mol. The second-order valence-corrected chi connectivity index (χ2v) is 8.23. The number of hydrogen-bond donors (Lipinski definition) is 1. The molecule has 1 aliphatic rings. The molecular weight excluding hydrogens is 423 g/mol. The SMILES string of the molecule is O=C1c2ccccc2C(=O)N1C[C@H](O)Cn1c2ccc(Cl)cc2c2cc(Cl)ccc21. The molecule has 150 valence electrons. The van der Waals surface area contributed by atoms with Gasteiger partial charge in [0.05, 0.1) is 30.3 Å². The molecule has 4 aromatic rings. The van der Waals surface area contributed by atoms with E-state index in [1.54, 1.807) is 36.4 Å². The summed E-state index contributed by atoms with van der Waals surface area (Å²) in [6, 6.07) is 17.8. The number of amides is 2. The van der Waals surface area contributed by atoms with Crippen LogP contribution in [0.2, 0.25) is 10.0 Å². The average Bonchev–Trinajstić information content (AvgIpc) is 3.15. The Hall–Kier alpha value is -2.86. The van der Waals surface area contributed by atoms with Crippen molar-refractivity contribution in [1.82, 2.24) is 9.47 Å². The van der Waals surface area contributed by atoms with E-state index in [0.29, 0.717) is 21.2 Å². The number of aromatic nitrogens is 1. The van der Waals surface area contributed by atoms with Gasteiger partial charge in [-0.25, -0.2) is 0 Å². The molecule has 0 unspecified atom stereocenters. The van der Waals surface area contributed by atoms with E-state index in [-0.39, 0.29) is 24.9 Å². The molecule has 1 aliphatic heterocycles. The number of nitrogens with zero attached hydrogens (tertiary/aromatic N) is 2. The van der Waals surface area contributed by atoms with Crippen molar-refractivity contribution in [3.05, 3.63) is 81.8 Å². The number of hydrogen-bond acceptors (Lipinski definition) is 3. The Morgan fingerprint density at radius 2 is 1.27 bits per heavy atom. The number of aliphatic hydroxyl groups is 1. The highest BCUT2D eigenvalue weighted by atomic mass is 35.5. The summed E-state index contributed by atoms with van der Waals surface area (Å²) in [6.45, 7) is 0.116. The first kappa shape index (κ1) is 19.1. The van der Waals surface area contributed by atoms with Crippen LogP contribution < -0.4 is 0 Å². The topological polar surface area (TPSA) is 62.5 Å². The third-order valence-corrected chi connectivity index (χ3v) is 5.92. The van der Waals surface area contributed by atoms with Gasteiger partial charge in [0.25, 0.3) is 11.8 Å². The molecule has 3 aromatic carbocycles. The zero-order chi connectivity index (χ0) is 21.0. The number of fused-ring (bicyclic) bond motifs is 4. The summed E-state index contributed by atoms with van der Waals surface area (Å²) in [5.41, 5.74) is 2.52. The van der Waals surface area contributed by atoms with Crippen molar-refractivity contribution in [2.75, 3.05) is 6.54 Å². The zero-order valence-corrected chi connectivity index (χ0v) is 17.2. The van der Waals surface area contributed by atoms with Crippen molar-refractivity contribution >= 4 is 56.8 Å². The van der Waals surface area contributed by atoms with Crippen LogP contribution in [0.4, 0.5) is 0 Å². The van der Waals surface area contributed by atoms with Gasteiger partial charge in [0.2, 0.25) is 0 Å². The van der Waals surface area contributed by atoms with Crippen LogP contribution in [-0.2, 0) is 6.54 Å². The normalized spacial score (nSPS) is 14.7. The second-order valence-electron chi connectivity index (χ2n) is 7.35. The van der Waals surface area contributed by atoms with Crippen LogP contribution in [-0.4, -0.2) is 39.0 Å². The summed E-state index contributed by atoms with van der Waals surface area (Å²) in [7, 11) is 0. The maximum atomic E-state index is 12.6. The Morgan fingerprint density at radius 3 is 1.77 bits per heavy atom. The van der Waals surface area contributed by atoms with Crippen LogP contribution in [0.15, 0.2) is 60.7 Å². The van der Waals surface area contributed by atoms with Crippen molar-refractivity contribution in [2.24, 2.45) is 0 Å². The van der Waals surface area contributed by atoms with Gasteiger partial charge in [-0.15, -0.1) is 0 Å². The number of benzene rings is 3. The van der Waals surface area contributed by atoms with Crippen molar-refractivity contribution < 1.29 is 14.7 Å². The molecule has 2 amide bonds. The van der Waals surface area contributed by atoms with Gasteiger partial charge in [0.1, 0.15) is 0 Å². The van der Waals surface area contributed by atoms with Gasteiger partial charge < -0.3 is 9.67 Å². The van der Waals surface area contributed by atoms with Crippen molar-refractivity contribution in [3.63, 3.8) is 0 Å². The summed E-state index contributed by atoms with van der Waals surface area (Å²) < 4.78 is 1.96. The molecule has 7 heteroatoms. The fourth-order valence-electron chi connectivity index (χ4n) is 4.13. The first-order chi connectivity index (χ1) is 14.4. The standard InChI is InChI=1S/C23H16Cl2N2O3/c24-13-5-7-20-18(9-13)19-10-14(25)6-8-21(19)26(20)11-15(28)12-27-22(29)16-3-1-2-4-17(16)23(27)30/h1-10,15,28H,11-12H2/t15-/m1/s1. The van der Waals surface area contributed by atoms with Gasteiger partial charge in [0, 0.05) is 31.9 Å². The Kier molecular flexibility index (Phi) is 4.54. The number of imide groups is 1. The largest absolute Gasteiger partial charge is 0.389 e. The Labute approximate surface area is 182 Å².